The molecule has 0 radical (unpaired) electrons. The molecule has 2 aromatic carbocycles. The second-order valence-corrected chi connectivity index (χ2v) is 8.29. The molecular weight excluding hydrogens is 432 g/mol. The highest BCUT2D eigenvalue weighted by Crippen LogP contribution is 2.37. The molecule has 0 aliphatic carbocycles. The number of nitrogen functional groups attached to an aromatic ring is 1. The number of methoxy groups -OCH3 is 2. The summed E-state index contributed by atoms with van der Waals surface area (Å²) >= 11 is 2.73. The SMILES string of the molecule is COc1ccc(-c2csc3nc(SCC(=O)Nc4ccccc4OC)nc(N)c23)cc1. The first-order chi connectivity index (χ1) is 15.1. The summed E-state index contributed by atoms with van der Waals surface area (Å²) in [5, 5.41) is 6.13. The van der Waals surface area contributed by atoms with E-state index in [2.05, 4.69) is 15.3 Å². The summed E-state index contributed by atoms with van der Waals surface area (Å²) in [6.45, 7) is 0. The van der Waals surface area contributed by atoms with Crippen LogP contribution in [-0.2, 0) is 4.79 Å². The average Bonchev–Trinajstić information content (AvgIpc) is 3.23. The number of benzene rings is 2. The van der Waals surface area contributed by atoms with Crippen molar-refractivity contribution in [3.63, 3.8) is 0 Å². The van der Waals surface area contributed by atoms with E-state index in [4.69, 9.17) is 15.2 Å². The van der Waals surface area contributed by atoms with Gasteiger partial charge < -0.3 is 20.5 Å². The Hall–Kier alpha value is -3.30. The molecule has 2 aromatic heterocycles. The second-order valence-electron chi connectivity index (χ2n) is 6.49. The predicted molar refractivity (Wildman–Crippen MR) is 126 cm³/mol. The summed E-state index contributed by atoms with van der Waals surface area (Å²) in [5.74, 6) is 1.76. The molecule has 3 N–H and O–H groups in total. The van der Waals surface area contributed by atoms with Gasteiger partial charge in [0.2, 0.25) is 5.91 Å². The molecule has 0 bridgehead atoms. The molecule has 2 heterocycles. The van der Waals surface area contributed by atoms with Crippen molar-refractivity contribution in [1.29, 1.82) is 0 Å². The van der Waals surface area contributed by atoms with Gasteiger partial charge in [0.15, 0.2) is 5.16 Å². The molecule has 9 heteroatoms. The van der Waals surface area contributed by atoms with Crippen LogP contribution >= 0.6 is 23.1 Å². The number of hydrogen-bond donors (Lipinski definition) is 2. The van der Waals surface area contributed by atoms with Gasteiger partial charge in [0, 0.05) is 10.9 Å². The van der Waals surface area contributed by atoms with Gasteiger partial charge in [-0.1, -0.05) is 36.0 Å². The first kappa shape index (κ1) is 21.0. The third kappa shape index (κ3) is 4.57. The van der Waals surface area contributed by atoms with Crippen molar-refractivity contribution in [2.24, 2.45) is 0 Å². The third-order valence-electron chi connectivity index (χ3n) is 4.56. The third-order valence-corrected chi connectivity index (χ3v) is 6.28. The summed E-state index contributed by atoms with van der Waals surface area (Å²) in [5.41, 5.74) is 8.87. The minimum atomic E-state index is -0.179. The van der Waals surface area contributed by atoms with Crippen molar-refractivity contribution in [2.75, 3.05) is 31.0 Å². The summed E-state index contributed by atoms with van der Waals surface area (Å²) in [6.07, 6.45) is 0. The lowest BCUT2D eigenvalue weighted by Gasteiger charge is -2.09. The minimum Gasteiger partial charge on any atom is -0.497 e. The van der Waals surface area contributed by atoms with Crippen LogP contribution < -0.4 is 20.5 Å². The topological polar surface area (TPSA) is 99.4 Å². The molecule has 0 aliphatic heterocycles. The number of nitrogens with one attached hydrogen (secondary N) is 1. The number of nitrogens with two attached hydrogens (primary N) is 1. The lowest BCUT2D eigenvalue weighted by Crippen LogP contribution is -2.15. The van der Waals surface area contributed by atoms with Gasteiger partial charge in [0.05, 0.1) is 31.0 Å². The zero-order chi connectivity index (χ0) is 21.8. The fourth-order valence-corrected chi connectivity index (χ4v) is 4.72. The number of ether oxygens (including phenoxy) is 2. The number of carbonyl (C=O) groups excluding carboxylic acids is 1. The van der Waals surface area contributed by atoms with Gasteiger partial charge in [-0.15, -0.1) is 11.3 Å². The van der Waals surface area contributed by atoms with Crippen LogP contribution in [0.1, 0.15) is 0 Å². The predicted octanol–water partition coefficient (Wildman–Crippen LogP) is 4.69. The Morgan fingerprint density at radius 2 is 1.87 bits per heavy atom. The van der Waals surface area contributed by atoms with Crippen molar-refractivity contribution in [2.45, 2.75) is 5.16 Å². The van der Waals surface area contributed by atoms with Crippen LogP contribution in [0.4, 0.5) is 11.5 Å². The number of hydrogen-bond acceptors (Lipinski definition) is 8. The van der Waals surface area contributed by atoms with Gasteiger partial charge in [-0.2, -0.15) is 0 Å². The second kappa shape index (κ2) is 9.23. The molecule has 4 aromatic rings. The van der Waals surface area contributed by atoms with Crippen LogP contribution in [0.2, 0.25) is 0 Å². The largest absolute Gasteiger partial charge is 0.497 e. The van der Waals surface area contributed by atoms with E-state index in [0.29, 0.717) is 22.4 Å². The first-order valence-corrected chi connectivity index (χ1v) is 11.2. The molecule has 0 atom stereocenters. The molecule has 31 heavy (non-hydrogen) atoms. The van der Waals surface area contributed by atoms with E-state index >= 15 is 0 Å². The van der Waals surface area contributed by atoms with E-state index < -0.39 is 0 Å². The Balaban J connectivity index is 1.50. The number of carbonyl (C=O) groups is 1. The van der Waals surface area contributed by atoms with Crippen LogP contribution in [0.3, 0.4) is 0 Å². The molecule has 0 spiro atoms. The fraction of sp³-hybridized carbons (Fsp3) is 0.136. The molecule has 0 unspecified atom stereocenters. The number of fused-ring (bicyclic) bond motifs is 1. The molecule has 0 fully saturated rings. The highest BCUT2D eigenvalue weighted by atomic mass is 32.2. The van der Waals surface area contributed by atoms with Crippen molar-refractivity contribution < 1.29 is 14.3 Å². The van der Waals surface area contributed by atoms with E-state index in [1.54, 1.807) is 26.4 Å². The Labute approximate surface area is 187 Å². The number of rotatable bonds is 7. The molecule has 0 aliphatic rings. The fourth-order valence-electron chi connectivity index (χ4n) is 3.06. The van der Waals surface area contributed by atoms with E-state index in [-0.39, 0.29) is 11.7 Å². The summed E-state index contributed by atoms with van der Waals surface area (Å²) in [4.78, 5) is 22.1. The van der Waals surface area contributed by atoms with Gasteiger partial charge in [-0.25, -0.2) is 9.97 Å². The van der Waals surface area contributed by atoms with Gasteiger partial charge in [-0.3, -0.25) is 4.79 Å². The maximum Gasteiger partial charge on any atom is 0.234 e. The van der Waals surface area contributed by atoms with E-state index in [1.165, 1.54) is 23.1 Å². The highest BCUT2D eigenvalue weighted by molar-refractivity contribution is 7.99. The Morgan fingerprint density at radius 3 is 2.61 bits per heavy atom. The van der Waals surface area contributed by atoms with Crippen LogP contribution in [-0.4, -0.2) is 35.8 Å². The van der Waals surface area contributed by atoms with Crippen LogP contribution in [0.25, 0.3) is 21.3 Å². The number of amides is 1. The molecule has 158 valence electrons. The van der Waals surface area contributed by atoms with Gasteiger partial charge in [0.1, 0.15) is 22.1 Å². The Bertz CT molecular complexity index is 1230. The normalized spacial score (nSPS) is 10.8. The molecule has 4 rings (SSSR count). The maximum atomic E-state index is 12.4. The van der Waals surface area contributed by atoms with Gasteiger partial charge in [0.25, 0.3) is 0 Å². The number of anilines is 2. The monoisotopic (exact) mass is 452 g/mol. The summed E-state index contributed by atoms with van der Waals surface area (Å²) < 4.78 is 10.5. The molecular formula is C22H20N4O3S2. The molecule has 7 nitrogen and oxygen atoms in total. The summed E-state index contributed by atoms with van der Waals surface area (Å²) in [7, 11) is 3.20. The van der Waals surface area contributed by atoms with Crippen molar-refractivity contribution >= 4 is 50.7 Å². The number of para-hydroxylation sites is 2. The minimum absolute atomic E-state index is 0.152. The maximum absolute atomic E-state index is 12.4. The van der Waals surface area contributed by atoms with Crippen LogP contribution in [0.15, 0.2) is 59.1 Å². The highest BCUT2D eigenvalue weighted by Gasteiger charge is 2.15. The smallest absolute Gasteiger partial charge is 0.234 e. The molecule has 1 amide bonds. The number of aromatic nitrogens is 2. The van der Waals surface area contributed by atoms with Crippen molar-refractivity contribution in [3.05, 3.63) is 53.9 Å². The average molecular weight is 453 g/mol. The summed E-state index contributed by atoms with van der Waals surface area (Å²) in [6, 6.07) is 15.0. The number of thioether (sulfide) groups is 1. The molecule has 0 saturated carbocycles. The zero-order valence-corrected chi connectivity index (χ0v) is 18.5. The van der Waals surface area contributed by atoms with E-state index in [9.17, 15) is 4.79 Å². The standard InChI is InChI=1S/C22H20N4O3S2/c1-28-14-9-7-13(8-10-14)15-11-30-21-19(15)20(23)25-22(26-21)31-12-18(27)24-16-5-3-4-6-17(16)29-2/h3-11H,12H2,1-2H3,(H,24,27)(H2,23,25,26). The van der Waals surface area contributed by atoms with Crippen LogP contribution in [0.5, 0.6) is 11.5 Å². The van der Waals surface area contributed by atoms with Crippen molar-refractivity contribution in [1.82, 2.24) is 9.97 Å². The molecule has 0 saturated heterocycles. The first-order valence-electron chi connectivity index (χ1n) is 9.34. The zero-order valence-electron chi connectivity index (χ0n) is 16.9. The van der Waals surface area contributed by atoms with Gasteiger partial charge >= 0.3 is 0 Å². The van der Waals surface area contributed by atoms with E-state index in [0.717, 1.165) is 27.1 Å². The Morgan fingerprint density at radius 1 is 1.10 bits per heavy atom. The lowest BCUT2D eigenvalue weighted by molar-refractivity contribution is -0.113. The van der Waals surface area contributed by atoms with E-state index in [1.807, 2.05) is 41.8 Å². The van der Waals surface area contributed by atoms with Crippen molar-refractivity contribution in [3.8, 4) is 22.6 Å². The quantitative estimate of drug-likeness (QED) is 0.310. The van der Waals surface area contributed by atoms with Crippen LogP contribution in [0, 0.1) is 0 Å². The van der Waals surface area contributed by atoms with Gasteiger partial charge in [-0.05, 0) is 29.8 Å². The Kier molecular flexibility index (Phi) is 6.24. The number of nitrogens with zero attached hydrogens (tertiary/aromatic N) is 2. The number of thiophene rings is 1. The lowest BCUT2D eigenvalue weighted by atomic mass is 10.1.